The zero-order valence-electron chi connectivity index (χ0n) is 20.8. The van der Waals surface area contributed by atoms with E-state index >= 15 is 0 Å². The second-order valence-corrected chi connectivity index (χ2v) is 10.0. The number of rotatable bonds is 8. The first-order valence-electron chi connectivity index (χ1n) is 12.5. The molecule has 1 aliphatic rings. The van der Waals surface area contributed by atoms with Crippen molar-refractivity contribution in [1.82, 2.24) is 19.7 Å². The van der Waals surface area contributed by atoms with Crippen LogP contribution in [-0.4, -0.2) is 49.7 Å². The standard InChI is InChI=1S/C28H27FN4O4S/c1-2-25(34)32-13-10-19(11-14-32)18-6-8-21(9-7-18)37-17-20-12-15-38-26(20)23-4-3-5-24(31-23)33-27(29)22(16-30-33)28(35)36/h3-9,12,15-16,19H,2,10-11,13-14,17H2,1H3,(H,35,36). The Morgan fingerprint density at radius 1 is 1.13 bits per heavy atom. The Bertz CT molecular complexity index is 1440. The Balaban J connectivity index is 1.24. The quantitative estimate of drug-likeness (QED) is 0.319. The van der Waals surface area contributed by atoms with Crippen molar-refractivity contribution in [2.45, 2.75) is 38.7 Å². The summed E-state index contributed by atoms with van der Waals surface area (Å²) in [4.78, 5) is 30.4. The van der Waals surface area contributed by atoms with Crippen LogP contribution in [0.4, 0.5) is 4.39 Å². The topological polar surface area (TPSA) is 97.6 Å². The highest BCUT2D eigenvalue weighted by molar-refractivity contribution is 7.13. The van der Waals surface area contributed by atoms with Gasteiger partial charge in [-0.25, -0.2) is 9.78 Å². The van der Waals surface area contributed by atoms with E-state index < -0.39 is 17.5 Å². The molecule has 5 rings (SSSR count). The van der Waals surface area contributed by atoms with Crippen molar-refractivity contribution in [2.75, 3.05) is 13.1 Å². The van der Waals surface area contributed by atoms with Gasteiger partial charge in [0, 0.05) is 25.1 Å². The molecule has 8 nitrogen and oxygen atoms in total. The van der Waals surface area contributed by atoms with Crippen LogP contribution in [0, 0.1) is 5.95 Å². The average molecular weight is 535 g/mol. The molecule has 10 heteroatoms. The number of amides is 1. The van der Waals surface area contributed by atoms with E-state index in [1.165, 1.54) is 16.9 Å². The number of nitrogens with zero attached hydrogens (tertiary/aromatic N) is 4. The second kappa shape index (κ2) is 11.1. The van der Waals surface area contributed by atoms with Crippen LogP contribution in [0.25, 0.3) is 16.4 Å². The number of carboxylic acid groups (broad SMARTS) is 1. The molecule has 1 aromatic carbocycles. The SMILES string of the molecule is CCC(=O)N1CCC(c2ccc(OCc3ccsc3-c3cccc(-n4ncc(C(=O)O)c4F)n3)cc2)CC1. The molecule has 0 radical (unpaired) electrons. The van der Waals surface area contributed by atoms with Crippen molar-refractivity contribution in [3.63, 3.8) is 0 Å². The van der Waals surface area contributed by atoms with Gasteiger partial charge in [-0.15, -0.1) is 11.3 Å². The molecule has 1 fully saturated rings. The van der Waals surface area contributed by atoms with Crippen molar-refractivity contribution in [3.8, 4) is 22.1 Å². The van der Waals surface area contributed by atoms with Crippen LogP contribution in [0.3, 0.4) is 0 Å². The van der Waals surface area contributed by atoms with Crippen LogP contribution < -0.4 is 4.74 Å². The fraction of sp³-hybridized carbons (Fsp3) is 0.286. The van der Waals surface area contributed by atoms with E-state index in [0.717, 1.165) is 53.0 Å². The minimum absolute atomic E-state index is 0.188. The van der Waals surface area contributed by atoms with Gasteiger partial charge in [-0.05, 0) is 60.0 Å². The number of thiophene rings is 1. The van der Waals surface area contributed by atoms with Crippen LogP contribution in [-0.2, 0) is 11.4 Å². The number of pyridine rings is 1. The molecule has 0 aliphatic carbocycles. The summed E-state index contributed by atoms with van der Waals surface area (Å²) in [6, 6.07) is 15.2. The lowest BCUT2D eigenvalue weighted by Crippen LogP contribution is -2.37. The average Bonchev–Trinajstić information content (AvgIpc) is 3.58. The number of aromatic nitrogens is 3. The minimum Gasteiger partial charge on any atom is -0.489 e. The van der Waals surface area contributed by atoms with Crippen molar-refractivity contribution in [1.29, 1.82) is 0 Å². The van der Waals surface area contributed by atoms with Gasteiger partial charge in [0.1, 0.15) is 17.9 Å². The fourth-order valence-corrected chi connectivity index (χ4v) is 5.54. The Morgan fingerprint density at radius 3 is 2.58 bits per heavy atom. The smallest absolute Gasteiger partial charge is 0.342 e. The Labute approximate surface area is 223 Å². The maximum absolute atomic E-state index is 14.5. The van der Waals surface area contributed by atoms with Gasteiger partial charge in [0.05, 0.1) is 16.8 Å². The number of carbonyl (C=O) groups is 2. The highest BCUT2D eigenvalue weighted by atomic mass is 32.1. The van der Waals surface area contributed by atoms with E-state index in [0.29, 0.717) is 24.6 Å². The van der Waals surface area contributed by atoms with Gasteiger partial charge in [0.25, 0.3) is 0 Å². The van der Waals surface area contributed by atoms with E-state index in [1.54, 1.807) is 12.1 Å². The lowest BCUT2D eigenvalue weighted by Gasteiger charge is -2.32. The zero-order valence-corrected chi connectivity index (χ0v) is 21.7. The summed E-state index contributed by atoms with van der Waals surface area (Å²) in [6.45, 7) is 3.85. The zero-order chi connectivity index (χ0) is 26.6. The minimum atomic E-state index is -1.38. The van der Waals surface area contributed by atoms with Crippen LogP contribution in [0.15, 0.2) is 60.1 Å². The molecule has 4 heterocycles. The fourth-order valence-electron chi connectivity index (χ4n) is 4.66. The number of benzene rings is 1. The van der Waals surface area contributed by atoms with Crippen LogP contribution in [0.1, 0.15) is 53.6 Å². The number of carboxylic acids is 1. The van der Waals surface area contributed by atoms with E-state index in [9.17, 15) is 14.0 Å². The number of hydrogen-bond acceptors (Lipinski definition) is 6. The van der Waals surface area contributed by atoms with Crippen LogP contribution >= 0.6 is 11.3 Å². The van der Waals surface area contributed by atoms with Crippen molar-refractivity contribution in [2.24, 2.45) is 0 Å². The molecule has 1 aliphatic heterocycles. The Hall–Kier alpha value is -4.05. The summed E-state index contributed by atoms with van der Waals surface area (Å²) >= 11 is 1.49. The normalized spacial score (nSPS) is 14.0. The first-order chi connectivity index (χ1) is 18.4. The van der Waals surface area contributed by atoms with E-state index in [2.05, 4.69) is 22.2 Å². The molecule has 38 heavy (non-hydrogen) atoms. The van der Waals surface area contributed by atoms with E-state index in [-0.39, 0.29) is 11.7 Å². The lowest BCUT2D eigenvalue weighted by atomic mass is 9.89. The van der Waals surface area contributed by atoms with Gasteiger partial charge in [0.15, 0.2) is 5.82 Å². The lowest BCUT2D eigenvalue weighted by molar-refractivity contribution is -0.131. The Morgan fingerprint density at radius 2 is 1.89 bits per heavy atom. The number of aromatic carboxylic acids is 1. The number of hydrogen-bond donors (Lipinski definition) is 1. The number of likely N-dealkylation sites (tertiary alicyclic amines) is 1. The van der Waals surface area contributed by atoms with Crippen LogP contribution in [0.5, 0.6) is 5.75 Å². The summed E-state index contributed by atoms with van der Waals surface area (Å²) in [6.07, 6.45) is 3.46. The number of piperidine rings is 1. The third-order valence-electron chi connectivity index (χ3n) is 6.77. The molecule has 0 unspecified atom stereocenters. The van der Waals surface area contributed by atoms with Gasteiger partial charge >= 0.3 is 5.97 Å². The highest BCUT2D eigenvalue weighted by Gasteiger charge is 2.23. The van der Waals surface area contributed by atoms with Gasteiger partial charge in [-0.2, -0.15) is 14.2 Å². The largest absolute Gasteiger partial charge is 0.489 e. The monoisotopic (exact) mass is 534 g/mol. The maximum atomic E-state index is 14.5. The molecule has 0 spiro atoms. The predicted octanol–water partition coefficient (Wildman–Crippen LogP) is 5.53. The van der Waals surface area contributed by atoms with Crippen LogP contribution in [0.2, 0.25) is 0 Å². The van der Waals surface area contributed by atoms with Gasteiger partial charge in [-0.1, -0.05) is 25.1 Å². The molecule has 196 valence electrons. The molecule has 1 N–H and O–H groups in total. The molecular weight excluding hydrogens is 507 g/mol. The maximum Gasteiger partial charge on any atom is 0.342 e. The van der Waals surface area contributed by atoms with E-state index in [1.807, 2.05) is 41.5 Å². The molecule has 0 saturated carbocycles. The third-order valence-corrected chi connectivity index (χ3v) is 7.75. The first-order valence-corrected chi connectivity index (χ1v) is 13.3. The number of ether oxygens (including phenoxy) is 1. The molecule has 1 saturated heterocycles. The second-order valence-electron chi connectivity index (χ2n) is 9.09. The predicted molar refractivity (Wildman–Crippen MR) is 141 cm³/mol. The highest BCUT2D eigenvalue weighted by Crippen LogP contribution is 2.32. The van der Waals surface area contributed by atoms with Crippen molar-refractivity contribution >= 4 is 23.2 Å². The van der Waals surface area contributed by atoms with Gasteiger partial charge < -0.3 is 14.7 Å². The third kappa shape index (κ3) is 5.31. The number of carbonyl (C=O) groups excluding carboxylic acids is 1. The van der Waals surface area contributed by atoms with Gasteiger partial charge in [-0.3, -0.25) is 4.79 Å². The molecule has 0 bridgehead atoms. The summed E-state index contributed by atoms with van der Waals surface area (Å²) in [5.41, 5.74) is 2.30. The first kappa shape index (κ1) is 25.6. The number of halogens is 1. The van der Waals surface area contributed by atoms with E-state index in [4.69, 9.17) is 9.84 Å². The molecular formula is C28H27FN4O4S. The molecule has 1 amide bonds. The van der Waals surface area contributed by atoms with Crippen molar-refractivity contribution in [3.05, 3.63) is 82.7 Å². The molecule has 4 aromatic rings. The summed E-state index contributed by atoms with van der Waals surface area (Å²) in [7, 11) is 0. The summed E-state index contributed by atoms with van der Waals surface area (Å²) in [5, 5.41) is 14.9. The summed E-state index contributed by atoms with van der Waals surface area (Å²) in [5.74, 6) is -0.745. The summed E-state index contributed by atoms with van der Waals surface area (Å²) < 4.78 is 21.4. The molecule has 0 atom stereocenters. The van der Waals surface area contributed by atoms with Crippen molar-refractivity contribution < 1.29 is 23.8 Å². The van der Waals surface area contributed by atoms with Gasteiger partial charge in [0.2, 0.25) is 11.9 Å². The molecule has 3 aromatic heterocycles. The Kier molecular flexibility index (Phi) is 7.50.